The molecule has 0 saturated heterocycles. The second-order valence-electron chi connectivity index (χ2n) is 10.2. The monoisotopic (exact) mass is 466 g/mol. The molecule has 0 amide bonds. The Morgan fingerprint density at radius 1 is 1.03 bits per heavy atom. The number of sulfonamides is 1. The molecule has 1 N–H and O–H groups in total. The highest BCUT2D eigenvalue weighted by atomic mass is 32.2. The van der Waals surface area contributed by atoms with Crippen LogP contribution in [0.1, 0.15) is 55.4 Å². The van der Waals surface area contributed by atoms with E-state index in [-0.39, 0.29) is 16.3 Å². The summed E-state index contributed by atoms with van der Waals surface area (Å²) in [4.78, 5) is 0.140. The van der Waals surface area contributed by atoms with Crippen molar-refractivity contribution in [2.75, 3.05) is 0 Å². The fourth-order valence-corrected chi connectivity index (χ4v) is 6.39. The molecule has 2 fully saturated rings. The van der Waals surface area contributed by atoms with Crippen molar-refractivity contribution in [3.63, 3.8) is 0 Å². The molecule has 0 aliphatic heterocycles. The van der Waals surface area contributed by atoms with Gasteiger partial charge in [-0.15, -0.1) is 4.40 Å². The summed E-state index contributed by atoms with van der Waals surface area (Å²) >= 11 is 0. The number of nitrogens with zero attached hydrogens (tertiary/aromatic N) is 1. The van der Waals surface area contributed by atoms with Crippen molar-refractivity contribution in [3.8, 4) is 5.75 Å². The summed E-state index contributed by atoms with van der Waals surface area (Å²) in [5.74, 6) is 1.83. The lowest BCUT2D eigenvalue weighted by Crippen LogP contribution is -2.30. The molecule has 0 spiro atoms. The number of ether oxygens (including phenoxy) is 1. The normalized spacial score (nSPS) is 23.2. The lowest BCUT2D eigenvalue weighted by Gasteiger charge is -2.32. The second-order valence-corrected chi connectivity index (χ2v) is 11.8. The van der Waals surface area contributed by atoms with Crippen molar-refractivity contribution >= 4 is 16.0 Å². The van der Waals surface area contributed by atoms with Gasteiger partial charge in [-0.05, 0) is 93.0 Å². The minimum atomic E-state index is -3.94. The van der Waals surface area contributed by atoms with Crippen molar-refractivity contribution in [1.82, 2.24) is 5.32 Å². The van der Waals surface area contributed by atoms with E-state index in [1.165, 1.54) is 24.8 Å². The van der Waals surface area contributed by atoms with Crippen molar-refractivity contribution < 1.29 is 13.2 Å². The van der Waals surface area contributed by atoms with Crippen LogP contribution >= 0.6 is 0 Å². The smallest absolute Gasteiger partial charge is 0.310 e. The van der Waals surface area contributed by atoms with Crippen LogP contribution in [0.4, 0.5) is 0 Å². The standard InChI is InChI=1S/C27H34N2O3S/c1-17-7-11-23(12-8-17)33(30,31)29-26(32-25-19(3)13-18(2)14-20(25)4)28-16-24-21-9-10-22(15-21)27(24,5)6/h7-8,11-14,16,21-22H,9-10,15H2,1-6H3,(H,28,29). The van der Waals surface area contributed by atoms with Crippen LogP contribution in [-0.2, 0) is 10.0 Å². The van der Waals surface area contributed by atoms with E-state index in [1.807, 2.05) is 46.0 Å². The van der Waals surface area contributed by atoms with Crippen molar-refractivity contribution in [1.29, 1.82) is 0 Å². The van der Waals surface area contributed by atoms with Gasteiger partial charge in [-0.2, -0.15) is 8.42 Å². The zero-order chi connectivity index (χ0) is 24.0. The van der Waals surface area contributed by atoms with E-state index in [0.717, 1.165) is 22.3 Å². The van der Waals surface area contributed by atoms with Gasteiger partial charge in [0.15, 0.2) is 0 Å². The minimum Gasteiger partial charge on any atom is -0.425 e. The molecule has 2 aromatic carbocycles. The van der Waals surface area contributed by atoms with Crippen LogP contribution in [0.25, 0.3) is 0 Å². The number of fused-ring (bicyclic) bond motifs is 2. The molecule has 5 nitrogen and oxygen atoms in total. The fourth-order valence-electron chi connectivity index (χ4n) is 5.50. The van der Waals surface area contributed by atoms with E-state index >= 15 is 0 Å². The molecule has 33 heavy (non-hydrogen) atoms. The Kier molecular flexibility index (Phi) is 6.16. The second kappa shape index (κ2) is 8.64. The van der Waals surface area contributed by atoms with Crippen LogP contribution in [0, 0.1) is 44.9 Å². The molecule has 0 radical (unpaired) electrons. The van der Waals surface area contributed by atoms with Gasteiger partial charge in [0.1, 0.15) is 5.75 Å². The third-order valence-corrected chi connectivity index (χ3v) is 8.59. The minimum absolute atomic E-state index is 0.0308. The quantitative estimate of drug-likeness (QED) is 0.445. The SMILES string of the molecule is Cc1ccc(S(=O)(=O)N=C(NC=C2C3CCC(C3)C2(C)C)Oc2c(C)cc(C)cc2C)cc1. The number of hydrogen-bond donors (Lipinski definition) is 1. The van der Waals surface area contributed by atoms with Gasteiger partial charge in [0.25, 0.3) is 10.0 Å². The number of nitrogens with one attached hydrogen (secondary N) is 1. The molecule has 2 bridgehead atoms. The summed E-state index contributed by atoms with van der Waals surface area (Å²) < 4.78 is 36.4. The third kappa shape index (κ3) is 4.72. The zero-order valence-corrected chi connectivity index (χ0v) is 21.2. The van der Waals surface area contributed by atoms with E-state index in [9.17, 15) is 8.42 Å². The van der Waals surface area contributed by atoms with Crippen LogP contribution in [0.3, 0.4) is 0 Å². The predicted molar refractivity (Wildman–Crippen MR) is 133 cm³/mol. The number of aryl methyl sites for hydroxylation is 4. The highest BCUT2D eigenvalue weighted by Gasteiger charge is 2.48. The average molecular weight is 467 g/mol. The lowest BCUT2D eigenvalue weighted by atomic mass is 9.73. The molecule has 2 aromatic rings. The predicted octanol–water partition coefficient (Wildman–Crippen LogP) is 5.97. The number of benzene rings is 2. The average Bonchev–Trinajstić information content (AvgIpc) is 3.29. The summed E-state index contributed by atoms with van der Waals surface area (Å²) in [5, 5.41) is 3.14. The van der Waals surface area contributed by atoms with E-state index in [1.54, 1.807) is 24.3 Å². The van der Waals surface area contributed by atoms with Gasteiger partial charge >= 0.3 is 6.02 Å². The Balaban J connectivity index is 1.72. The fraction of sp³-hybridized carbons (Fsp3) is 0.444. The van der Waals surface area contributed by atoms with Gasteiger partial charge in [0, 0.05) is 6.20 Å². The van der Waals surface area contributed by atoms with Gasteiger partial charge in [-0.1, -0.05) is 49.2 Å². The first-order valence-corrected chi connectivity index (χ1v) is 13.1. The summed E-state index contributed by atoms with van der Waals surface area (Å²) in [6.07, 6.45) is 5.58. The first-order valence-electron chi connectivity index (χ1n) is 11.6. The molecule has 176 valence electrons. The maximum Gasteiger partial charge on any atom is 0.310 e. The molecular formula is C27H34N2O3S. The van der Waals surface area contributed by atoms with Crippen molar-refractivity contribution in [3.05, 3.63) is 70.4 Å². The third-order valence-electron chi connectivity index (χ3n) is 7.31. The summed E-state index contributed by atoms with van der Waals surface area (Å²) in [6, 6.07) is 10.7. The van der Waals surface area contributed by atoms with Crippen LogP contribution in [0.15, 0.2) is 57.5 Å². The molecule has 2 atom stereocenters. The molecular weight excluding hydrogens is 432 g/mol. The Morgan fingerprint density at radius 3 is 2.24 bits per heavy atom. The van der Waals surface area contributed by atoms with Gasteiger partial charge in [0.05, 0.1) is 4.90 Å². The zero-order valence-electron chi connectivity index (χ0n) is 20.4. The lowest BCUT2D eigenvalue weighted by molar-refractivity contribution is 0.287. The maximum absolute atomic E-state index is 13.1. The van der Waals surface area contributed by atoms with Gasteiger partial charge in [-0.25, -0.2) is 0 Å². The van der Waals surface area contributed by atoms with E-state index in [2.05, 4.69) is 23.6 Å². The van der Waals surface area contributed by atoms with Gasteiger partial charge in [-0.3, -0.25) is 0 Å². The number of amidine groups is 1. The van der Waals surface area contributed by atoms with Gasteiger partial charge < -0.3 is 10.1 Å². The van der Waals surface area contributed by atoms with Crippen LogP contribution in [0.5, 0.6) is 5.75 Å². The molecule has 0 aromatic heterocycles. The van der Waals surface area contributed by atoms with Crippen molar-refractivity contribution in [2.45, 2.75) is 65.7 Å². The number of rotatable bonds is 4. The Bertz CT molecular complexity index is 1200. The van der Waals surface area contributed by atoms with Crippen LogP contribution < -0.4 is 10.1 Å². The Hall–Kier alpha value is -2.60. The summed E-state index contributed by atoms with van der Waals surface area (Å²) in [7, 11) is -3.94. The first kappa shape index (κ1) is 23.6. The first-order chi connectivity index (χ1) is 15.5. The number of allylic oxidation sites excluding steroid dienone is 1. The van der Waals surface area contributed by atoms with Crippen LogP contribution in [0.2, 0.25) is 0 Å². The summed E-state index contributed by atoms with van der Waals surface area (Å²) in [6.45, 7) is 12.4. The molecule has 4 rings (SSSR count). The molecule has 2 saturated carbocycles. The molecule has 2 aliphatic carbocycles. The van der Waals surface area contributed by atoms with E-state index < -0.39 is 10.0 Å². The number of hydrogen-bond acceptors (Lipinski definition) is 3. The molecule has 2 aliphatic rings. The Labute approximate surface area is 198 Å². The van der Waals surface area contributed by atoms with E-state index in [4.69, 9.17) is 4.74 Å². The highest BCUT2D eigenvalue weighted by Crippen LogP contribution is 2.58. The van der Waals surface area contributed by atoms with E-state index in [0.29, 0.717) is 17.6 Å². The van der Waals surface area contributed by atoms with Crippen molar-refractivity contribution in [2.24, 2.45) is 21.6 Å². The summed E-state index contributed by atoms with van der Waals surface area (Å²) in [5.41, 5.74) is 5.39. The topological polar surface area (TPSA) is 67.8 Å². The molecule has 6 heteroatoms. The maximum atomic E-state index is 13.1. The highest BCUT2D eigenvalue weighted by molar-refractivity contribution is 7.90. The van der Waals surface area contributed by atoms with Crippen LogP contribution in [-0.4, -0.2) is 14.4 Å². The largest absolute Gasteiger partial charge is 0.425 e. The van der Waals surface area contributed by atoms with Gasteiger partial charge in [0.2, 0.25) is 0 Å². The molecule has 0 heterocycles. The molecule has 2 unspecified atom stereocenters. The Morgan fingerprint density at radius 2 is 1.67 bits per heavy atom.